The van der Waals surface area contributed by atoms with E-state index in [4.69, 9.17) is 4.74 Å². The van der Waals surface area contributed by atoms with E-state index in [9.17, 15) is 20.1 Å². The van der Waals surface area contributed by atoms with Gasteiger partial charge in [-0.15, -0.1) is 0 Å². The number of rotatable bonds is 1. The van der Waals surface area contributed by atoms with Crippen LogP contribution in [-0.2, 0) is 9.53 Å². The number of aliphatic hydroxyl groups is 3. The number of carbonyl (C=O) groups excluding carboxylic acids is 1. The third kappa shape index (κ3) is 1.62. The molecule has 0 aromatic rings. The van der Waals surface area contributed by atoms with Crippen LogP contribution < -0.4 is 0 Å². The quantitative estimate of drug-likeness (QED) is 0.497. The highest BCUT2D eigenvalue weighted by atomic mass is 16.5. The Morgan fingerprint density at radius 3 is 2.45 bits per heavy atom. The van der Waals surface area contributed by atoms with Crippen molar-refractivity contribution in [2.24, 2.45) is 22.7 Å². The van der Waals surface area contributed by atoms with Crippen LogP contribution in [0.3, 0.4) is 0 Å². The second-order valence-corrected chi connectivity index (χ2v) is 8.22. The SMILES string of the molecule is C=C1C(OC(C)=O)CC2C(O)C3(C)CC(O)C(C)(C)C3C12O. The molecule has 0 aromatic carbocycles. The minimum absolute atomic E-state index is 0.324. The second-order valence-electron chi connectivity index (χ2n) is 8.22. The second kappa shape index (κ2) is 4.34. The molecular formula is C17H26O5. The molecule has 0 aromatic heterocycles. The molecule has 124 valence electrons. The summed E-state index contributed by atoms with van der Waals surface area (Å²) in [6, 6.07) is 0. The summed E-state index contributed by atoms with van der Waals surface area (Å²) < 4.78 is 5.28. The van der Waals surface area contributed by atoms with Crippen molar-refractivity contribution in [1.29, 1.82) is 0 Å². The Bertz CT molecular complexity index is 541. The molecule has 0 heterocycles. The molecule has 3 aliphatic rings. The summed E-state index contributed by atoms with van der Waals surface area (Å²) in [4.78, 5) is 11.3. The Labute approximate surface area is 131 Å². The molecule has 0 bridgehead atoms. The first-order valence-corrected chi connectivity index (χ1v) is 7.92. The van der Waals surface area contributed by atoms with Crippen molar-refractivity contribution in [3.63, 3.8) is 0 Å². The van der Waals surface area contributed by atoms with Gasteiger partial charge in [-0.1, -0.05) is 27.4 Å². The highest BCUT2D eigenvalue weighted by Crippen LogP contribution is 2.71. The average Bonchev–Trinajstić information content (AvgIpc) is 2.79. The van der Waals surface area contributed by atoms with Crippen molar-refractivity contribution in [1.82, 2.24) is 0 Å². The van der Waals surface area contributed by atoms with E-state index in [0.29, 0.717) is 18.4 Å². The maximum absolute atomic E-state index is 11.5. The van der Waals surface area contributed by atoms with Crippen LogP contribution in [-0.4, -0.2) is 45.2 Å². The van der Waals surface area contributed by atoms with Crippen LogP contribution >= 0.6 is 0 Å². The minimum atomic E-state index is -1.31. The number of aliphatic hydroxyl groups excluding tert-OH is 2. The van der Waals surface area contributed by atoms with Gasteiger partial charge in [-0.25, -0.2) is 0 Å². The Kier molecular flexibility index (Phi) is 3.15. The minimum Gasteiger partial charge on any atom is -0.458 e. The van der Waals surface area contributed by atoms with E-state index < -0.39 is 46.6 Å². The molecule has 7 unspecified atom stereocenters. The van der Waals surface area contributed by atoms with Crippen LogP contribution in [0.5, 0.6) is 0 Å². The van der Waals surface area contributed by atoms with E-state index in [-0.39, 0.29) is 5.92 Å². The van der Waals surface area contributed by atoms with Gasteiger partial charge in [0.05, 0.1) is 17.8 Å². The molecule has 0 aliphatic heterocycles. The van der Waals surface area contributed by atoms with Gasteiger partial charge in [-0.05, 0) is 23.8 Å². The van der Waals surface area contributed by atoms with Gasteiger partial charge in [0.25, 0.3) is 0 Å². The van der Waals surface area contributed by atoms with E-state index in [1.54, 1.807) is 0 Å². The monoisotopic (exact) mass is 310 g/mol. The highest BCUT2D eigenvalue weighted by molar-refractivity contribution is 5.66. The average molecular weight is 310 g/mol. The molecule has 0 spiro atoms. The first-order chi connectivity index (χ1) is 9.97. The van der Waals surface area contributed by atoms with Crippen LogP contribution in [0.1, 0.15) is 40.5 Å². The first kappa shape index (κ1) is 16.0. The predicted octanol–water partition coefficient (Wildman–Crippen LogP) is 1.01. The van der Waals surface area contributed by atoms with Crippen LogP contribution in [0.4, 0.5) is 0 Å². The fraction of sp³-hybridized carbons (Fsp3) is 0.824. The standard InChI is InChI=1S/C17H26O5/c1-8-11(22-9(2)18)6-10-13(20)16(5)7-12(19)15(3,4)14(16)17(8,10)21/h10-14,19-21H,1,6-7H2,2-5H3. The molecule has 3 saturated carbocycles. The van der Waals surface area contributed by atoms with Gasteiger partial charge in [-0.3, -0.25) is 4.79 Å². The lowest BCUT2D eigenvalue weighted by atomic mass is 9.65. The number of hydrogen-bond donors (Lipinski definition) is 3. The van der Waals surface area contributed by atoms with Crippen molar-refractivity contribution >= 4 is 5.97 Å². The van der Waals surface area contributed by atoms with Crippen molar-refractivity contribution in [3.05, 3.63) is 12.2 Å². The Morgan fingerprint density at radius 1 is 1.32 bits per heavy atom. The molecule has 5 heteroatoms. The van der Waals surface area contributed by atoms with Crippen molar-refractivity contribution in [3.8, 4) is 0 Å². The first-order valence-electron chi connectivity index (χ1n) is 7.92. The van der Waals surface area contributed by atoms with E-state index in [2.05, 4.69) is 6.58 Å². The molecular weight excluding hydrogens is 284 g/mol. The number of esters is 1. The van der Waals surface area contributed by atoms with Crippen LogP contribution in [0, 0.1) is 22.7 Å². The molecule has 0 saturated heterocycles. The zero-order valence-corrected chi connectivity index (χ0v) is 13.7. The van der Waals surface area contributed by atoms with Crippen molar-refractivity contribution in [2.45, 2.75) is 64.4 Å². The van der Waals surface area contributed by atoms with Gasteiger partial charge in [0, 0.05) is 24.2 Å². The lowest BCUT2D eigenvalue weighted by Crippen LogP contribution is -2.48. The summed E-state index contributed by atoms with van der Waals surface area (Å²) in [7, 11) is 0. The summed E-state index contributed by atoms with van der Waals surface area (Å²) in [5.74, 6) is -1.15. The number of ether oxygens (including phenoxy) is 1. The molecule has 3 rings (SSSR count). The van der Waals surface area contributed by atoms with Crippen molar-refractivity contribution in [2.75, 3.05) is 0 Å². The summed E-state index contributed by atoms with van der Waals surface area (Å²) in [6.45, 7) is 11.1. The lowest BCUT2D eigenvalue weighted by molar-refractivity contribution is -0.145. The molecule has 22 heavy (non-hydrogen) atoms. The van der Waals surface area contributed by atoms with Crippen molar-refractivity contribution < 1.29 is 24.9 Å². The summed E-state index contributed by atoms with van der Waals surface area (Å²) in [6.07, 6.45) is -1.08. The Hall–Kier alpha value is -0.910. The highest BCUT2D eigenvalue weighted by Gasteiger charge is 2.76. The van der Waals surface area contributed by atoms with Gasteiger partial charge in [0.1, 0.15) is 6.10 Å². The molecule has 0 radical (unpaired) electrons. The van der Waals surface area contributed by atoms with Gasteiger partial charge >= 0.3 is 5.97 Å². The molecule has 3 aliphatic carbocycles. The maximum Gasteiger partial charge on any atom is 0.303 e. The zero-order valence-electron chi connectivity index (χ0n) is 13.7. The van der Waals surface area contributed by atoms with Gasteiger partial charge in [0.15, 0.2) is 0 Å². The lowest BCUT2D eigenvalue weighted by Gasteiger charge is -2.42. The fourth-order valence-corrected chi connectivity index (χ4v) is 5.80. The van der Waals surface area contributed by atoms with E-state index in [1.165, 1.54) is 6.92 Å². The fourth-order valence-electron chi connectivity index (χ4n) is 5.80. The molecule has 0 amide bonds. The van der Waals surface area contributed by atoms with Crippen LogP contribution in [0.25, 0.3) is 0 Å². The van der Waals surface area contributed by atoms with E-state index in [1.807, 2.05) is 20.8 Å². The number of fused-ring (bicyclic) bond motifs is 3. The topological polar surface area (TPSA) is 87.0 Å². The zero-order chi connectivity index (χ0) is 16.7. The largest absolute Gasteiger partial charge is 0.458 e. The maximum atomic E-state index is 11.5. The molecule has 7 atom stereocenters. The van der Waals surface area contributed by atoms with E-state index >= 15 is 0 Å². The smallest absolute Gasteiger partial charge is 0.303 e. The number of carbonyl (C=O) groups is 1. The van der Waals surface area contributed by atoms with Gasteiger partial charge < -0.3 is 20.1 Å². The Morgan fingerprint density at radius 2 is 1.91 bits per heavy atom. The molecule has 3 fully saturated rings. The van der Waals surface area contributed by atoms with Crippen LogP contribution in [0.2, 0.25) is 0 Å². The third-order valence-electron chi connectivity index (χ3n) is 6.64. The van der Waals surface area contributed by atoms with E-state index in [0.717, 1.165) is 0 Å². The third-order valence-corrected chi connectivity index (χ3v) is 6.64. The molecule has 3 N–H and O–H groups in total. The molecule has 5 nitrogen and oxygen atoms in total. The summed E-state index contributed by atoms with van der Waals surface area (Å²) in [5, 5.41) is 32.8. The van der Waals surface area contributed by atoms with Crippen LogP contribution in [0.15, 0.2) is 12.2 Å². The van der Waals surface area contributed by atoms with Gasteiger partial charge in [-0.2, -0.15) is 0 Å². The van der Waals surface area contributed by atoms with Gasteiger partial charge in [0.2, 0.25) is 0 Å². The summed E-state index contributed by atoms with van der Waals surface area (Å²) in [5.41, 5.74) is -1.96. The number of hydrogen-bond acceptors (Lipinski definition) is 5. The Balaban J connectivity index is 2.06. The summed E-state index contributed by atoms with van der Waals surface area (Å²) >= 11 is 0. The predicted molar refractivity (Wildman–Crippen MR) is 79.8 cm³/mol. The normalized spacial score (nSPS) is 52.5.